The lowest BCUT2D eigenvalue weighted by atomic mass is 10.1. The first-order valence-electron chi connectivity index (χ1n) is 6.91. The summed E-state index contributed by atoms with van der Waals surface area (Å²) in [5.74, 6) is 0.827. The van der Waals surface area contributed by atoms with Crippen LogP contribution in [-0.4, -0.2) is 12.1 Å². The van der Waals surface area contributed by atoms with Gasteiger partial charge in [0.1, 0.15) is 5.75 Å². The van der Waals surface area contributed by atoms with E-state index in [-0.39, 0.29) is 5.75 Å². The van der Waals surface area contributed by atoms with Crippen LogP contribution in [0.25, 0.3) is 10.8 Å². The second-order valence-electron chi connectivity index (χ2n) is 4.71. The summed E-state index contributed by atoms with van der Waals surface area (Å²) in [6.45, 7) is 2.14. The van der Waals surface area contributed by atoms with Crippen molar-refractivity contribution in [2.24, 2.45) is 0 Å². The summed E-state index contributed by atoms with van der Waals surface area (Å²) < 4.78 is 41.4. The number of hydrogen-bond acceptors (Lipinski definition) is 2. The average Bonchev–Trinajstić information content (AvgIpc) is 2.44. The van der Waals surface area contributed by atoms with Crippen molar-refractivity contribution in [1.82, 2.24) is 0 Å². The molecule has 0 aliphatic carbocycles. The van der Waals surface area contributed by atoms with Gasteiger partial charge in [0, 0.05) is 10.3 Å². The van der Waals surface area contributed by atoms with Gasteiger partial charge in [-0.3, -0.25) is 0 Å². The Kier molecular flexibility index (Phi) is 5.39. The van der Waals surface area contributed by atoms with Gasteiger partial charge in [0.25, 0.3) is 0 Å². The van der Waals surface area contributed by atoms with Crippen LogP contribution in [0, 0.1) is 0 Å². The highest BCUT2D eigenvalue weighted by atomic mass is 32.2. The molecule has 0 radical (unpaired) electrons. The maximum atomic E-state index is 12.4. The molecule has 0 atom stereocenters. The molecule has 0 fully saturated rings. The first-order chi connectivity index (χ1) is 10.0. The van der Waals surface area contributed by atoms with Gasteiger partial charge in [-0.05, 0) is 29.7 Å². The molecule has 0 saturated carbocycles. The third kappa shape index (κ3) is 4.56. The van der Waals surface area contributed by atoms with Gasteiger partial charge in [0.2, 0.25) is 0 Å². The Morgan fingerprint density at radius 3 is 2.38 bits per heavy atom. The van der Waals surface area contributed by atoms with Crippen LogP contribution in [0.4, 0.5) is 13.2 Å². The van der Waals surface area contributed by atoms with Gasteiger partial charge in [0.05, 0.1) is 0 Å². The van der Waals surface area contributed by atoms with Gasteiger partial charge < -0.3 is 4.74 Å². The highest BCUT2D eigenvalue weighted by molar-refractivity contribution is 7.99. The fourth-order valence-corrected chi connectivity index (χ4v) is 3.18. The third-order valence-electron chi connectivity index (χ3n) is 3.08. The number of unbranched alkanes of at least 4 members (excludes halogenated alkanes) is 2. The van der Waals surface area contributed by atoms with E-state index in [1.807, 2.05) is 12.1 Å². The van der Waals surface area contributed by atoms with E-state index in [1.165, 1.54) is 12.5 Å². The lowest BCUT2D eigenvalue weighted by molar-refractivity contribution is -0.274. The van der Waals surface area contributed by atoms with Crippen molar-refractivity contribution in [2.75, 3.05) is 5.75 Å². The second kappa shape index (κ2) is 7.07. The van der Waals surface area contributed by atoms with Crippen molar-refractivity contribution < 1.29 is 17.9 Å². The van der Waals surface area contributed by atoms with Crippen LogP contribution in [0.5, 0.6) is 5.75 Å². The molecule has 0 unspecified atom stereocenters. The van der Waals surface area contributed by atoms with Gasteiger partial charge in [0.15, 0.2) is 0 Å². The fourth-order valence-electron chi connectivity index (χ4n) is 2.12. The van der Waals surface area contributed by atoms with Crippen LogP contribution in [-0.2, 0) is 0 Å². The molecule has 0 spiro atoms. The summed E-state index contributed by atoms with van der Waals surface area (Å²) in [5, 5.41) is 1.30. The summed E-state index contributed by atoms with van der Waals surface area (Å²) >= 11 is 1.68. The number of hydrogen-bond donors (Lipinski definition) is 0. The van der Waals surface area contributed by atoms with Crippen LogP contribution in [0.3, 0.4) is 0 Å². The summed E-state index contributed by atoms with van der Waals surface area (Å²) in [6.07, 6.45) is -1.24. The monoisotopic (exact) mass is 314 g/mol. The van der Waals surface area contributed by atoms with Crippen LogP contribution >= 0.6 is 11.8 Å². The molecule has 2 aromatic carbocycles. The van der Waals surface area contributed by atoms with E-state index in [9.17, 15) is 13.2 Å². The van der Waals surface area contributed by atoms with E-state index in [1.54, 1.807) is 30.0 Å². The van der Waals surface area contributed by atoms with E-state index in [0.29, 0.717) is 5.39 Å². The molecule has 0 saturated heterocycles. The Labute approximate surface area is 126 Å². The zero-order valence-corrected chi connectivity index (χ0v) is 12.6. The van der Waals surface area contributed by atoms with Crippen molar-refractivity contribution in [3.05, 3.63) is 36.4 Å². The zero-order valence-electron chi connectivity index (χ0n) is 11.7. The maximum Gasteiger partial charge on any atom is 0.573 e. The molecule has 0 aliphatic rings. The van der Waals surface area contributed by atoms with E-state index < -0.39 is 6.36 Å². The molecule has 0 bridgehead atoms. The smallest absolute Gasteiger partial charge is 0.405 e. The Bertz CT molecular complexity index is 596. The molecular weight excluding hydrogens is 297 g/mol. The van der Waals surface area contributed by atoms with Crippen molar-refractivity contribution in [1.29, 1.82) is 0 Å². The molecule has 0 heterocycles. The van der Waals surface area contributed by atoms with Gasteiger partial charge >= 0.3 is 6.36 Å². The van der Waals surface area contributed by atoms with Gasteiger partial charge in [-0.1, -0.05) is 44.0 Å². The minimum Gasteiger partial charge on any atom is -0.405 e. The van der Waals surface area contributed by atoms with Crippen LogP contribution in [0.15, 0.2) is 41.3 Å². The molecule has 1 nitrogen and oxygen atoms in total. The number of benzene rings is 2. The van der Waals surface area contributed by atoms with Gasteiger partial charge in [-0.2, -0.15) is 0 Å². The largest absolute Gasteiger partial charge is 0.573 e. The van der Waals surface area contributed by atoms with E-state index in [0.717, 1.165) is 28.9 Å². The Morgan fingerprint density at radius 1 is 1.00 bits per heavy atom. The average molecular weight is 314 g/mol. The van der Waals surface area contributed by atoms with E-state index in [4.69, 9.17) is 0 Å². The number of fused-ring (bicyclic) bond motifs is 1. The molecule has 21 heavy (non-hydrogen) atoms. The minimum atomic E-state index is -4.67. The number of rotatable bonds is 6. The molecular formula is C16H17F3OS. The summed E-state index contributed by atoms with van der Waals surface area (Å²) in [5.41, 5.74) is 0. The molecule has 0 aromatic heterocycles. The zero-order chi connectivity index (χ0) is 15.3. The molecule has 0 aliphatic heterocycles. The molecule has 2 aromatic rings. The van der Waals surface area contributed by atoms with E-state index >= 15 is 0 Å². The summed E-state index contributed by atoms with van der Waals surface area (Å²) in [4.78, 5) is 0.997. The second-order valence-corrected chi connectivity index (χ2v) is 5.85. The van der Waals surface area contributed by atoms with Crippen LogP contribution in [0.1, 0.15) is 26.2 Å². The maximum absolute atomic E-state index is 12.4. The number of thioether (sulfide) groups is 1. The molecule has 0 amide bonds. The predicted molar refractivity (Wildman–Crippen MR) is 80.9 cm³/mol. The highest BCUT2D eigenvalue weighted by Gasteiger charge is 2.31. The Morgan fingerprint density at radius 2 is 1.71 bits per heavy atom. The number of ether oxygens (including phenoxy) is 1. The molecule has 5 heteroatoms. The Hall–Kier alpha value is -1.36. The first-order valence-corrected chi connectivity index (χ1v) is 7.90. The standard InChI is InChI=1S/C16H17F3OS/c1-2-3-6-11-21-15-10-9-14(20-16(17,18)19)12-7-4-5-8-13(12)15/h4-5,7-10H,2-3,6,11H2,1H3. The minimum absolute atomic E-state index is 0.143. The normalized spacial score (nSPS) is 11.8. The first kappa shape index (κ1) is 16.0. The molecule has 114 valence electrons. The van der Waals surface area contributed by atoms with Crippen molar-refractivity contribution >= 4 is 22.5 Å². The molecule has 0 N–H and O–H groups in total. The highest BCUT2D eigenvalue weighted by Crippen LogP contribution is 2.36. The Balaban J connectivity index is 2.27. The van der Waals surface area contributed by atoms with Crippen molar-refractivity contribution in [2.45, 2.75) is 37.4 Å². The summed E-state index contributed by atoms with van der Waals surface area (Å²) in [6, 6.07) is 10.2. The quantitative estimate of drug-likeness (QED) is 0.476. The predicted octanol–water partition coefficient (Wildman–Crippen LogP) is 6.02. The number of halogens is 3. The fraction of sp³-hybridized carbons (Fsp3) is 0.375. The van der Waals surface area contributed by atoms with Gasteiger partial charge in [-0.25, -0.2) is 0 Å². The van der Waals surface area contributed by atoms with Crippen LogP contribution in [0.2, 0.25) is 0 Å². The van der Waals surface area contributed by atoms with E-state index in [2.05, 4.69) is 11.7 Å². The topological polar surface area (TPSA) is 9.23 Å². The lowest BCUT2D eigenvalue weighted by Crippen LogP contribution is -2.17. The molecule has 2 rings (SSSR count). The van der Waals surface area contributed by atoms with Crippen molar-refractivity contribution in [3.8, 4) is 5.75 Å². The lowest BCUT2D eigenvalue weighted by Gasteiger charge is -2.13. The number of alkyl halides is 3. The SMILES string of the molecule is CCCCCSc1ccc(OC(F)(F)F)c2ccccc12. The van der Waals surface area contributed by atoms with Gasteiger partial charge in [-0.15, -0.1) is 24.9 Å². The van der Waals surface area contributed by atoms with Crippen LogP contribution < -0.4 is 4.74 Å². The van der Waals surface area contributed by atoms with Crippen molar-refractivity contribution in [3.63, 3.8) is 0 Å². The third-order valence-corrected chi connectivity index (χ3v) is 4.24. The summed E-state index contributed by atoms with van der Waals surface area (Å²) in [7, 11) is 0.